The number of hydrogen-bond acceptors (Lipinski definition) is 6. The van der Waals surface area contributed by atoms with Crippen LogP contribution in [0.15, 0.2) is 54.9 Å². The summed E-state index contributed by atoms with van der Waals surface area (Å²) in [4.78, 5) is 29.9. The minimum atomic E-state index is -0.750. The number of anilines is 4. The number of pyridine rings is 1. The van der Waals surface area contributed by atoms with E-state index in [4.69, 9.17) is 5.11 Å². The third-order valence-corrected chi connectivity index (χ3v) is 5.08. The molecule has 0 unspecified atom stereocenters. The number of amides is 1. The molecule has 1 aliphatic heterocycles. The smallest absolute Gasteiger partial charge is 0.346 e. The zero-order chi connectivity index (χ0) is 21.8. The predicted octanol–water partition coefficient (Wildman–Crippen LogP) is 3.54. The highest BCUT2D eigenvalue weighted by atomic mass is 19.1. The molecule has 1 fully saturated rings. The van der Waals surface area contributed by atoms with E-state index in [-0.39, 0.29) is 11.7 Å². The SMILES string of the molecule is O=C(O)C1CCN(c2ccc(NC(=O)n3ccc(Nc4ccc(F)cc4)n3)cn2)CC1. The number of carboxylic acid groups (broad SMARTS) is 1. The minimum absolute atomic E-state index is 0.300. The Labute approximate surface area is 177 Å². The number of carbonyl (C=O) groups is 2. The van der Waals surface area contributed by atoms with Gasteiger partial charge in [-0.25, -0.2) is 14.2 Å². The molecule has 9 nitrogen and oxygen atoms in total. The van der Waals surface area contributed by atoms with Gasteiger partial charge in [0.15, 0.2) is 5.82 Å². The first-order valence-corrected chi connectivity index (χ1v) is 9.81. The summed E-state index contributed by atoms with van der Waals surface area (Å²) in [5.41, 5.74) is 1.16. The lowest BCUT2D eigenvalue weighted by molar-refractivity contribution is -0.142. The molecule has 3 N–H and O–H groups in total. The van der Waals surface area contributed by atoms with Gasteiger partial charge < -0.3 is 20.6 Å². The van der Waals surface area contributed by atoms with Crippen LogP contribution in [0.4, 0.5) is 32.2 Å². The van der Waals surface area contributed by atoms with E-state index in [0.717, 1.165) is 10.5 Å². The third-order valence-electron chi connectivity index (χ3n) is 5.08. The van der Waals surface area contributed by atoms with Crippen molar-refractivity contribution in [1.82, 2.24) is 14.8 Å². The van der Waals surface area contributed by atoms with Crippen LogP contribution in [-0.4, -0.2) is 45.0 Å². The van der Waals surface area contributed by atoms with Crippen molar-refractivity contribution in [3.05, 3.63) is 60.7 Å². The molecule has 0 bridgehead atoms. The second-order valence-electron chi connectivity index (χ2n) is 7.21. The Balaban J connectivity index is 1.33. The molecule has 1 saturated heterocycles. The largest absolute Gasteiger partial charge is 0.481 e. The molecule has 10 heteroatoms. The molecule has 0 aliphatic carbocycles. The first-order chi connectivity index (χ1) is 15.0. The zero-order valence-corrected chi connectivity index (χ0v) is 16.5. The maximum Gasteiger partial charge on any atom is 0.346 e. The minimum Gasteiger partial charge on any atom is -0.481 e. The fourth-order valence-electron chi connectivity index (χ4n) is 3.37. The van der Waals surface area contributed by atoms with Crippen LogP contribution in [0.3, 0.4) is 0 Å². The Morgan fingerprint density at radius 2 is 1.74 bits per heavy atom. The van der Waals surface area contributed by atoms with Gasteiger partial charge in [0.1, 0.15) is 11.6 Å². The average Bonchev–Trinajstić information content (AvgIpc) is 3.25. The topological polar surface area (TPSA) is 112 Å². The number of halogens is 1. The van der Waals surface area contributed by atoms with E-state index in [9.17, 15) is 14.0 Å². The van der Waals surface area contributed by atoms with E-state index in [1.807, 2.05) is 4.90 Å². The number of carboxylic acids is 1. The lowest BCUT2D eigenvalue weighted by Crippen LogP contribution is -2.36. The van der Waals surface area contributed by atoms with Gasteiger partial charge in [0.05, 0.1) is 17.8 Å². The summed E-state index contributed by atoms with van der Waals surface area (Å²) < 4.78 is 14.1. The predicted molar refractivity (Wildman–Crippen MR) is 113 cm³/mol. The number of piperidine rings is 1. The maximum absolute atomic E-state index is 13.0. The summed E-state index contributed by atoms with van der Waals surface area (Å²) in [5, 5.41) is 19.0. The van der Waals surface area contributed by atoms with Crippen molar-refractivity contribution in [2.75, 3.05) is 28.6 Å². The zero-order valence-electron chi connectivity index (χ0n) is 16.5. The molecule has 0 saturated carbocycles. The molecule has 0 spiro atoms. The second kappa shape index (κ2) is 8.82. The molecule has 1 aromatic carbocycles. The van der Waals surface area contributed by atoms with E-state index in [0.29, 0.717) is 43.1 Å². The summed E-state index contributed by atoms with van der Waals surface area (Å²) in [5.74, 6) is -0.196. The average molecular weight is 424 g/mol. The van der Waals surface area contributed by atoms with Crippen molar-refractivity contribution < 1.29 is 19.1 Å². The fourth-order valence-corrected chi connectivity index (χ4v) is 3.37. The van der Waals surface area contributed by atoms with E-state index < -0.39 is 12.0 Å². The van der Waals surface area contributed by atoms with Crippen LogP contribution in [0.25, 0.3) is 0 Å². The van der Waals surface area contributed by atoms with E-state index >= 15 is 0 Å². The van der Waals surface area contributed by atoms with Crippen molar-refractivity contribution >= 4 is 35.0 Å². The van der Waals surface area contributed by atoms with E-state index in [1.165, 1.54) is 18.3 Å². The number of aromatic nitrogens is 3. The number of aliphatic carboxylic acids is 1. The lowest BCUT2D eigenvalue weighted by Gasteiger charge is -2.31. The third kappa shape index (κ3) is 4.97. The molecule has 3 aromatic rings. The van der Waals surface area contributed by atoms with Crippen molar-refractivity contribution in [2.24, 2.45) is 5.92 Å². The van der Waals surface area contributed by atoms with Crippen LogP contribution in [0.2, 0.25) is 0 Å². The van der Waals surface area contributed by atoms with Gasteiger partial charge in [0, 0.05) is 31.0 Å². The molecular weight excluding hydrogens is 403 g/mol. The normalized spacial score (nSPS) is 14.3. The highest BCUT2D eigenvalue weighted by Crippen LogP contribution is 2.23. The van der Waals surface area contributed by atoms with Gasteiger partial charge in [0.2, 0.25) is 0 Å². The van der Waals surface area contributed by atoms with Crippen LogP contribution in [0.1, 0.15) is 12.8 Å². The monoisotopic (exact) mass is 424 g/mol. The molecule has 0 radical (unpaired) electrons. The highest BCUT2D eigenvalue weighted by Gasteiger charge is 2.25. The highest BCUT2D eigenvalue weighted by molar-refractivity contribution is 5.90. The number of nitrogens with zero attached hydrogens (tertiary/aromatic N) is 4. The summed E-state index contributed by atoms with van der Waals surface area (Å²) in [6.45, 7) is 1.26. The Hall–Kier alpha value is -3.95. The van der Waals surface area contributed by atoms with Crippen LogP contribution < -0.4 is 15.5 Å². The van der Waals surface area contributed by atoms with Gasteiger partial charge in [-0.2, -0.15) is 4.68 Å². The van der Waals surface area contributed by atoms with Crippen LogP contribution >= 0.6 is 0 Å². The van der Waals surface area contributed by atoms with Gasteiger partial charge in [-0.15, -0.1) is 5.10 Å². The van der Waals surface area contributed by atoms with Gasteiger partial charge in [-0.3, -0.25) is 4.79 Å². The Bertz CT molecular complexity index is 1060. The van der Waals surface area contributed by atoms with E-state index in [1.54, 1.807) is 36.5 Å². The van der Waals surface area contributed by atoms with Gasteiger partial charge in [0.25, 0.3) is 0 Å². The Morgan fingerprint density at radius 3 is 2.39 bits per heavy atom. The molecule has 4 rings (SSSR count). The first kappa shape index (κ1) is 20.3. The molecule has 1 amide bonds. The van der Waals surface area contributed by atoms with Crippen LogP contribution in [-0.2, 0) is 4.79 Å². The van der Waals surface area contributed by atoms with Crippen molar-refractivity contribution in [3.63, 3.8) is 0 Å². The first-order valence-electron chi connectivity index (χ1n) is 9.81. The fraction of sp³-hybridized carbons (Fsp3) is 0.238. The molecule has 3 heterocycles. The van der Waals surface area contributed by atoms with Gasteiger partial charge in [-0.1, -0.05) is 0 Å². The molecule has 0 atom stereocenters. The lowest BCUT2D eigenvalue weighted by atomic mass is 9.97. The number of benzene rings is 1. The summed E-state index contributed by atoms with van der Waals surface area (Å²) in [7, 11) is 0. The molecule has 160 valence electrons. The maximum atomic E-state index is 13.0. The van der Waals surface area contributed by atoms with Crippen molar-refractivity contribution in [2.45, 2.75) is 12.8 Å². The molecule has 2 aromatic heterocycles. The standard InChI is InChI=1S/C21H21FN6O3/c22-15-1-3-16(4-2-15)24-18-9-12-28(26-18)21(31)25-17-5-6-19(23-13-17)27-10-7-14(8-11-27)20(29)30/h1-6,9,12-14H,7-8,10-11H2,(H,24,26)(H,25,31)(H,29,30). The summed E-state index contributed by atoms with van der Waals surface area (Å²) >= 11 is 0. The van der Waals surface area contributed by atoms with E-state index in [2.05, 4.69) is 20.7 Å². The molecular formula is C21H21FN6O3. The number of rotatable bonds is 5. The molecule has 1 aliphatic rings. The number of hydrogen-bond donors (Lipinski definition) is 3. The van der Waals surface area contributed by atoms with Crippen LogP contribution in [0.5, 0.6) is 0 Å². The second-order valence-corrected chi connectivity index (χ2v) is 7.21. The molecule has 31 heavy (non-hydrogen) atoms. The Morgan fingerprint density at radius 1 is 1.03 bits per heavy atom. The van der Waals surface area contributed by atoms with Gasteiger partial charge in [-0.05, 0) is 49.2 Å². The number of nitrogens with one attached hydrogen (secondary N) is 2. The summed E-state index contributed by atoms with van der Waals surface area (Å²) in [6, 6.07) is 10.5. The van der Waals surface area contributed by atoms with Crippen LogP contribution in [0, 0.1) is 11.7 Å². The van der Waals surface area contributed by atoms with Gasteiger partial charge >= 0.3 is 12.0 Å². The quantitative estimate of drug-likeness (QED) is 0.574. The number of carbonyl (C=O) groups excluding carboxylic acids is 1. The Kier molecular flexibility index (Phi) is 5.78. The van der Waals surface area contributed by atoms with Crippen molar-refractivity contribution in [3.8, 4) is 0 Å². The summed E-state index contributed by atoms with van der Waals surface area (Å²) in [6.07, 6.45) is 4.24. The van der Waals surface area contributed by atoms with Crippen molar-refractivity contribution in [1.29, 1.82) is 0 Å².